The third-order valence-corrected chi connectivity index (χ3v) is 8.59. The summed E-state index contributed by atoms with van der Waals surface area (Å²) in [5, 5.41) is 0.393. The summed E-state index contributed by atoms with van der Waals surface area (Å²) in [7, 11) is -0.788. The average molecular weight is 615 g/mol. The first kappa shape index (κ1) is 28.7. The lowest BCUT2D eigenvalue weighted by molar-refractivity contribution is 0.1000. The molecule has 0 saturated carbocycles. The number of sulfonamides is 1. The lowest BCUT2D eigenvalue weighted by Crippen LogP contribution is -2.25. The largest absolute Gasteiger partial charge is 0.496 e. The Morgan fingerprint density at radius 3 is 2.41 bits per heavy atom. The molecule has 0 aliphatic heterocycles. The van der Waals surface area contributed by atoms with Crippen molar-refractivity contribution in [2.24, 2.45) is 5.73 Å². The standard InChI is InChI=1S/C32H27FN4O6S/c1-37(44(3,39)40)25-16-27-22(30(31(35)38)29(42-27)12-17-4-7-19(33)8-5-17)15-21(25)18-6-11-26(41-2)23(13-18)32-36-24-10-9-20(34)14-28(24)43-32/h4-11,13-16H,12,34H2,1-3H3,(H2,35,38). The molecule has 4 N–H and O–H groups in total. The highest BCUT2D eigenvalue weighted by atomic mass is 32.2. The second-order valence-corrected chi connectivity index (χ2v) is 12.3. The van der Waals surface area contributed by atoms with Crippen LogP contribution in [0.15, 0.2) is 81.6 Å². The van der Waals surface area contributed by atoms with Gasteiger partial charge in [0, 0.05) is 42.2 Å². The number of hydrogen-bond donors (Lipinski definition) is 2. The zero-order valence-electron chi connectivity index (χ0n) is 23.9. The van der Waals surface area contributed by atoms with Gasteiger partial charge >= 0.3 is 0 Å². The molecule has 6 rings (SSSR count). The van der Waals surface area contributed by atoms with Crippen molar-refractivity contribution in [1.82, 2.24) is 4.98 Å². The van der Waals surface area contributed by atoms with Crippen LogP contribution in [0.3, 0.4) is 0 Å². The maximum atomic E-state index is 13.5. The number of hydrogen-bond acceptors (Lipinski definition) is 8. The molecule has 12 heteroatoms. The van der Waals surface area contributed by atoms with Gasteiger partial charge in [-0.05, 0) is 53.6 Å². The van der Waals surface area contributed by atoms with E-state index in [9.17, 15) is 17.6 Å². The molecule has 0 fully saturated rings. The summed E-state index contributed by atoms with van der Waals surface area (Å²) in [5.74, 6) is -0.115. The van der Waals surface area contributed by atoms with E-state index in [1.165, 1.54) is 26.3 Å². The third-order valence-electron chi connectivity index (χ3n) is 7.39. The maximum absolute atomic E-state index is 13.5. The van der Waals surface area contributed by atoms with Crippen LogP contribution in [0.5, 0.6) is 5.75 Å². The molecular formula is C32H27FN4O6S. The molecule has 0 bridgehead atoms. The number of rotatable bonds is 8. The molecule has 0 atom stereocenters. The SMILES string of the molecule is COc1ccc(-c2cc3c(C(N)=O)c(Cc4ccc(F)cc4)oc3cc2N(C)S(C)(=O)=O)cc1-c1nc2ccc(N)cc2o1. The van der Waals surface area contributed by atoms with Crippen LogP contribution in [0.4, 0.5) is 15.8 Å². The van der Waals surface area contributed by atoms with E-state index >= 15 is 0 Å². The van der Waals surface area contributed by atoms with Gasteiger partial charge in [-0.15, -0.1) is 0 Å². The molecule has 0 aliphatic carbocycles. The molecule has 0 radical (unpaired) electrons. The number of primary amides is 1. The minimum absolute atomic E-state index is 0.143. The van der Waals surface area contributed by atoms with E-state index in [1.807, 2.05) is 0 Å². The average Bonchev–Trinajstić information content (AvgIpc) is 3.56. The second kappa shape index (κ2) is 10.7. The zero-order chi connectivity index (χ0) is 31.3. The number of carbonyl (C=O) groups excluding carboxylic acids is 1. The number of anilines is 2. The first-order valence-corrected chi connectivity index (χ1v) is 15.2. The first-order valence-electron chi connectivity index (χ1n) is 13.4. The molecule has 0 spiro atoms. The number of amides is 1. The number of furan rings is 1. The summed E-state index contributed by atoms with van der Waals surface area (Å²) in [5.41, 5.74) is 16.3. The molecule has 6 aromatic rings. The minimum atomic E-state index is -3.73. The number of ether oxygens (including phenoxy) is 1. The highest BCUT2D eigenvalue weighted by Gasteiger charge is 2.25. The fourth-order valence-corrected chi connectivity index (χ4v) is 5.64. The van der Waals surface area contributed by atoms with E-state index in [2.05, 4.69) is 4.98 Å². The molecule has 2 heterocycles. The van der Waals surface area contributed by atoms with Gasteiger partial charge in [0.25, 0.3) is 5.91 Å². The first-order chi connectivity index (χ1) is 20.9. The summed E-state index contributed by atoms with van der Waals surface area (Å²) in [6.45, 7) is 0. The van der Waals surface area contributed by atoms with Crippen LogP contribution >= 0.6 is 0 Å². The number of aromatic nitrogens is 1. The Morgan fingerprint density at radius 2 is 1.73 bits per heavy atom. The van der Waals surface area contributed by atoms with Crippen molar-refractivity contribution in [2.45, 2.75) is 6.42 Å². The van der Waals surface area contributed by atoms with Crippen LogP contribution in [0.25, 0.3) is 44.7 Å². The Morgan fingerprint density at radius 1 is 0.977 bits per heavy atom. The lowest BCUT2D eigenvalue weighted by Gasteiger charge is -2.21. The number of carbonyl (C=O) groups is 1. The van der Waals surface area contributed by atoms with Crippen molar-refractivity contribution < 1.29 is 31.2 Å². The van der Waals surface area contributed by atoms with Gasteiger partial charge in [0.2, 0.25) is 15.9 Å². The summed E-state index contributed by atoms with van der Waals surface area (Å²) in [4.78, 5) is 17.3. The minimum Gasteiger partial charge on any atom is -0.496 e. The summed E-state index contributed by atoms with van der Waals surface area (Å²) >= 11 is 0. The van der Waals surface area contributed by atoms with Gasteiger partial charge in [-0.3, -0.25) is 9.10 Å². The van der Waals surface area contributed by atoms with E-state index < -0.39 is 21.7 Å². The topological polar surface area (TPSA) is 155 Å². The molecule has 4 aromatic carbocycles. The van der Waals surface area contributed by atoms with E-state index in [1.54, 1.807) is 60.7 Å². The van der Waals surface area contributed by atoms with Crippen molar-refractivity contribution in [2.75, 3.05) is 30.5 Å². The monoisotopic (exact) mass is 614 g/mol. The van der Waals surface area contributed by atoms with E-state index in [0.717, 1.165) is 10.6 Å². The van der Waals surface area contributed by atoms with Gasteiger partial charge < -0.3 is 25.0 Å². The molecule has 10 nitrogen and oxygen atoms in total. The Labute approximate surface area is 251 Å². The number of oxazole rings is 1. The van der Waals surface area contributed by atoms with Crippen molar-refractivity contribution in [1.29, 1.82) is 0 Å². The summed E-state index contributed by atoms with van der Waals surface area (Å²) in [6, 6.07) is 19.4. The number of nitrogens with two attached hydrogens (primary N) is 2. The Bertz CT molecular complexity index is 2190. The van der Waals surface area contributed by atoms with E-state index in [-0.39, 0.29) is 29.2 Å². The van der Waals surface area contributed by atoms with Crippen molar-refractivity contribution in [3.63, 3.8) is 0 Å². The number of benzene rings is 4. The molecule has 44 heavy (non-hydrogen) atoms. The Balaban J connectivity index is 1.58. The molecule has 224 valence electrons. The summed E-state index contributed by atoms with van der Waals surface area (Å²) < 4.78 is 57.8. The van der Waals surface area contributed by atoms with Crippen LogP contribution in [-0.2, 0) is 16.4 Å². The highest BCUT2D eigenvalue weighted by Crippen LogP contribution is 2.42. The third kappa shape index (κ3) is 5.20. The number of nitrogens with zero attached hydrogens (tertiary/aromatic N) is 2. The van der Waals surface area contributed by atoms with Crippen molar-refractivity contribution in [3.8, 4) is 28.3 Å². The fourth-order valence-electron chi connectivity index (χ4n) is 5.13. The van der Waals surface area contributed by atoms with Gasteiger partial charge in [-0.25, -0.2) is 17.8 Å². The number of halogens is 1. The molecule has 2 aromatic heterocycles. The van der Waals surface area contributed by atoms with Crippen LogP contribution in [-0.4, -0.2) is 39.7 Å². The van der Waals surface area contributed by atoms with Crippen LogP contribution in [0.1, 0.15) is 21.7 Å². The van der Waals surface area contributed by atoms with E-state index in [0.29, 0.717) is 55.9 Å². The maximum Gasteiger partial charge on any atom is 0.252 e. The van der Waals surface area contributed by atoms with Crippen LogP contribution in [0, 0.1) is 5.82 Å². The summed E-state index contributed by atoms with van der Waals surface area (Å²) in [6.07, 6.45) is 1.25. The van der Waals surface area contributed by atoms with Crippen LogP contribution in [0.2, 0.25) is 0 Å². The predicted molar refractivity (Wildman–Crippen MR) is 167 cm³/mol. The highest BCUT2D eigenvalue weighted by molar-refractivity contribution is 7.92. The molecule has 0 saturated heterocycles. The van der Waals surface area contributed by atoms with Gasteiger partial charge in [0.15, 0.2) is 5.58 Å². The van der Waals surface area contributed by atoms with Crippen LogP contribution < -0.4 is 20.5 Å². The number of fused-ring (bicyclic) bond motifs is 2. The second-order valence-electron chi connectivity index (χ2n) is 10.3. The van der Waals surface area contributed by atoms with Gasteiger partial charge in [0.1, 0.15) is 28.4 Å². The zero-order valence-corrected chi connectivity index (χ0v) is 24.7. The van der Waals surface area contributed by atoms with Gasteiger partial charge in [-0.2, -0.15) is 0 Å². The number of nitrogen functional groups attached to an aromatic ring is 1. The smallest absolute Gasteiger partial charge is 0.252 e. The Hall–Kier alpha value is -5.36. The predicted octanol–water partition coefficient (Wildman–Crippen LogP) is 5.72. The molecule has 0 unspecified atom stereocenters. The van der Waals surface area contributed by atoms with Gasteiger partial charge in [-0.1, -0.05) is 18.2 Å². The normalized spacial score (nSPS) is 11.7. The van der Waals surface area contributed by atoms with Gasteiger partial charge in [0.05, 0.1) is 30.2 Å². The molecular weight excluding hydrogens is 587 g/mol. The lowest BCUT2D eigenvalue weighted by atomic mass is 9.97. The molecule has 1 amide bonds. The quantitative estimate of drug-likeness (QED) is 0.206. The molecule has 0 aliphatic rings. The fraction of sp³-hybridized carbons (Fsp3) is 0.125. The number of methoxy groups -OCH3 is 1. The van der Waals surface area contributed by atoms with Crippen molar-refractivity contribution >= 4 is 49.4 Å². The van der Waals surface area contributed by atoms with E-state index in [4.69, 9.17) is 25.0 Å². The Kier molecular flexibility index (Phi) is 7.01. The van der Waals surface area contributed by atoms with Crippen molar-refractivity contribution in [3.05, 3.63) is 95.5 Å².